The fourth-order valence-electron chi connectivity index (χ4n) is 2.04. The monoisotopic (exact) mass is 260 g/mol. The summed E-state index contributed by atoms with van der Waals surface area (Å²) in [6.07, 6.45) is 2.52. The molecule has 0 bridgehead atoms. The van der Waals surface area contributed by atoms with E-state index in [1.165, 1.54) is 0 Å². The molecule has 0 aliphatic carbocycles. The Morgan fingerprint density at radius 3 is 2.89 bits per heavy atom. The van der Waals surface area contributed by atoms with Crippen molar-refractivity contribution in [2.75, 3.05) is 31.2 Å². The van der Waals surface area contributed by atoms with E-state index in [1.807, 2.05) is 19.1 Å². The van der Waals surface area contributed by atoms with Crippen LogP contribution in [0.2, 0.25) is 0 Å². The average molecular weight is 260 g/mol. The predicted molar refractivity (Wildman–Crippen MR) is 69.9 cm³/mol. The van der Waals surface area contributed by atoms with E-state index in [-0.39, 0.29) is 0 Å². The Kier molecular flexibility index (Phi) is 3.41. The van der Waals surface area contributed by atoms with Gasteiger partial charge in [0.1, 0.15) is 5.82 Å². The van der Waals surface area contributed by atoms with Crippen LogP contribution in [-0.2, 0) is 11.2 Å². The molecule has 0 saturated carbocycles. The van der Waals surface area contributed by atoms with E-state index in [2.05, 4.69) is 20.0 Å². The fourth-order valence-corrected chi connectivity index (χ4v) is 2.04. The van der Waals surface area contributed by atoms with Crippen LogP contribution < -0.4 is 4.90 Å². The second-order valence-electron chi connectivity index (χ2n) is 4.37. The van der Waals surface area contributed by atoms with Gasteiger partial charge in [-0.3, -0.25) is 0 Å². The number of pyridine rings is 1. The van der Waals surface area contributed by atoms with Gasteiger partial charge in [0.05, 0.1) is 13.2 Å². The minimum Gasteiger partial charge on any atom is -0.378 e. The first-order chi connectivity index (χ1) is 9.36. The van der Waals surface area contributed by atoms with Crippen LogP contribution >= 0.6 is 0 Å². The van der Waals surface area contributed by atoms with Gasteiger partial charge >= 0.3 is 0 Å². The third-order valence-electron chi connectivity index (χ3n) is 3.11. The summed E-state index contributed by atoms with van der Waals surface area (Å²) in [4.78, 5) is 10.9. The number of aryl methyl sites for hydroxylation is 1. The second-order valence-corrected chi connectivity index (χ2v) is 4.37. The molecule has 1 aliphatic rings. The number of ether oxygens (including phenoxy) is 1. The Hall–Kier alpha value is -1.95. The highest BCUT2D eigenvalue weighted by Gasteiger charge is 2.14. The highest BCUT2D eigenvalue weighted by Crippen LogP contribution is 2.21. The predicted octanol–water partition coefficient (Wildman–Crippen LogP) is 1.53. The Morgan fingerprint density at radius 2 is 2.16 bits per heavy atom. The van der Waals surface area contributed by atoms with Gasteiger partial charge in [0.15, 0.2) is 0 Å². The molecule has 0 unspecified atom stereocenters. The molecule has 0 amide bonds. The highest BCUT2D eigenvalue weighted by molar-refractivity contribution is 5.59. The summed E-state index contributed by atoms with van der Waals surface area (Å²) in [6, 6.07) is 3.89. The molecule has 3 rings (SSSR count). The van der Waals surface area contributed by atoms with Crippen LogP contribution in [-0.4, -0.2) is 41.4 Å². The third-order valence-corrected chi connectivity index (χ3v) is 3.11. The molecule has 0 aromatic carbocycles. The van der Waals surface area contributed by atoms with E-state index >= 15 is 0 Å². The van der Waals surface area contributed by atoms with Crippen LogP contribution in [0.1, 0.15) is 12.8 Å². The van der Waals surface area contributed by atoms with Crippen LogP contribution in [0.25, 0.3) is 11.4 Å². The smallest absolute Gasteiger partial charge is 0.226 e. The van der Waals surface area contributed by atoms with E-state index in [1.54, 1.807) is 6.20 Å². The quantitative estimate of drug-likeness (QED) is 0.834. The molecule has 2 aromatic rings. The van der Waals surface area contributed by atoms with E-state index in [0.29, 0.717) is 11.7 Å². The molecule has 100 valence electrons. The lowest BCUT2D eigenvalue weighted by Crippen LogP contribution is -2.36. The van der Waals surface area contributed by atoms with Gasteiger partial charge in [-0.05, 0) is 12.1 Å². The molecule has 1 fully saturated rings. The number of rotatable bonds is 3. The van der Waals surface area contributed by atoms with E-state index in [9.17, 15) is 0 Å². The highest BCUT2D eigenvalue weighted by atomic mass is 16.5. The number of anilines is 1. The van der Waals surface area contributed by atoms with Gasteiger partial charge in [-0.1, -0.05) is 12.1 Å². The molecular formula is C13H16N4O2. The molecule has 1 aliphatic heterocycles. The van der Waals surface area contributed by atoms with Gasteiger partial charge < -0.3 is 14.2 Å². The van der Waals surface area contributed by atoms with Crippen molar-refractivity contribution in [2.24, 2.45) is 0 Å². The zero-order chi connectivity index (χ0) is 13.1. The molecule has 6 heteroatoms. The zero-order valence-corrected chi connectivity index (χ0v) is 10.9. The molecule has 1 saturated heterocycles. The van der Waals surface area contributed by atoms with E-state index in [0.717, 1.165) is 44.1 Å². The number of morpholine rings is 1. The first-order valence-corrected chi connectivity index (χ1v) is 6.48. The summed E-state index contributed by atoms with van der Waals surface area (Å²) in [7, 11) is 0. The van der Waals surface area contributed by atoms with Crippen molar-refractivity contribution in [3.8, 4) is 11.4 Å². The van der Waals surface area contributed by atoms with Crippen LogP contribution in [0.5, 0.6) is 0 Å². The Labute approximate surface area is 111 Å². The van der Waals surface area contributed by atoms with Crippen LogP contribution in [0.4, 0.5) is 5.82 Å². The van der Waals surface area contributed by atoms with Crippen molar-refractivity contribution in [1.29, 1.82) is 0 Å². The van der Waals surface area contributed by atoms with Gasteiger partial charge in [0.25, 0.3) is 0 Å². The van der Waals surface area contributed by atoms with Crippen molar-refractivity contribution in [3.63, 3.8) is 0 Å². The number of hydrogen-bond donors (Lipinski definition) is 0. The molecule has 0 N–H and O–H groups in total. The van der Waals surface area contributed by atoms with Gasteiger partial charge in [-0.2, -0.15) is 4.98 Å². The standard InChI is InChI=1S/C13H16N4O2/c1-2-12-15-13(16-19-12)10-3-4-14-11(9-10)17-5-7-18-8-6-17/h3-4,9H,2,5-8H2,1H3. The van der Waals surface area contributed by atoms with Crippen molar-refractivity contribution in [1.82, 2.24) is 15.1 Å². The van der Waals surface area contributed by atoms with E-state index in [4.69, 9.17) is 9.26 Å². The largest absolute Gasteiger partial charge is 0.378 e. The lowest BCUT2D eigenvalue weighted by Gasteiger charge is -2.27. The van der Waals surface area contributed by atoms with Crippen LogP contribution in [0.15, 0.2) is 22.9 Å². The summed E-state index contributed by atoms with van der Waals surface area (Å²) in [5.41, 5.74) is 0.931. The van der Waals surface area contributed by atoms with Gasteiger partial charge in [0.2, 0.25) is 11.7 Å². The number of nitrogens with zero attached hydrogens (tertiary/aromatic N) is 4. The van der Waals surface area contributed by atoms with Crippen molar-refractivity contribution in [3.05, 3.63) is 24.2 Å². The summed E-state index contributed by atoms with van der Waals surface area (Å²) in [5.74, 6) is 2.21. The normalized spacial score (nSPS) is 15.7. The molecule has 19 heavy (non-hydrogen) atoms. The molecular weight excluding hydrogens is 244 g/mol. The zero-order valence-electron chi connectivity index (χ0n) is 10.9. The second kappa shape index (κ2) is 5.36. The minimum atomic E-state index is 0.619. The lowest BCUT2D eigenvalue weighted by molar-refractivity contribution is 0.122. The Balaban J connectivity index is 1.86. The molecule has 0 atom stereocenters. The molecule has 0 radical (unpaired) electrons. The summed E-state index contributed by atoms with van der Waals surface area (Å²) in [5, 5.41) is 3.99. The maximum Gasteiger partial charge on any atom is 0.226 e. The van der Waals surface area contributed by atoms with E-state index < -0.39 is 0 Å². The lowest BCUT2D eigenvalue weighted by atomic mass is 10.2. The topological polar surface area (TPSA) is 64.3 Å². The van der Waals surface area contributed by atoms with Crippen LogP contribution in [0.3, 0.4) is 0 Å². The van der Waals surface area contributed by atoms with Crippen molar-refractivity contribution < 1.29 is 9.26 Å². The van der Waals surface area contributed by atoms with Gasteiger partial charge in [-0.15, -0.1) is 0 Å². The SMILES string of the molecule is CCc1nc(-c2ccnc(N3CCOCC3)c2)no1. The Morgan fingerprint density at radius 1 is 1.32 bits per heavy atom. The maximum absolute atomic E-state index is 5.34. The first-order valence-electron chi connectivity index (χ1n) is 6.48. The molecule has 6 nitrogen and oxygen atoms in total. The van der Waals surface area contributed by atoms with Crippen molar-refractivity contribution in [2.45, 2.75) is 13.3 Å². The molecule has 2 aromatic heterocycles. The van der Waals surface area contributed by atoms with Gasteiger partial charge in [0, 0.05) is 31.3 Å². The fraction of sp³-hybridized carbons (Fsp3) is 0.462. The summed E-state index contributed by atoms with van der Waals surface area (Å²) >= 11 is 0. The average Bonchev–Trinajstić information content (AvgIpc) is 2.97. The molecule has 3 heterocycles. The molecule has 0 spiro atoms. The van der Waals surface area contributed by atoms with Crippen molar-refractivity contribution >= 4 is 5.82 Å². The third kappa shape index (κ3) is 2.58. The maximum atomic E-state index is 5.34. The Bertz CT molecular complexity index is 549. The first kappa shape index (κ1) is 12.1. The number of hydrogen-bond acceptors (Lipinski definition) is 6. The minimum absolute atomic E-state index is 0.619. The summed E-state index contributed by atoms with van der Waals surface area (Å²) in [6.45, 7) is 5.21. The van der Waals surface area contributed by atoms with Gasteiger partial charge in [-0.25, -0.2) is 4.98 Å². The van der Waals surface area contributed by atoms with Crippen LogP contribution in [0, 0.1) is 0 Å². The summed E-state index contributed by atoms with van der Waals surface area (Å²) < 4.78 is 10.5. The number of aromatic nitrogens is 3.